The summed E-state index contributed by atoms with van der Waals surface area (Å²) in [6.07, 6.45) is 8.00. The van der Waals surface area contributed by atoms with Crippen molar-refractivity contribution in [2.75, 3.05) is 6.54 Å². The molecule has 2 aromatic rings. The molecule has 4 heteroatoms. The van der Waals surface area contributed by atoms with Gasteiger partial charge in [-0.05, 0) is 30.4 Å². The minimum atomic E-state index is 0.516. The number of fused-ring (bicyclic) bond motifs is 1. The normalized spacial score (nSPS) is 17.9. The Labute approximate surface area is 112 Å². The Morgan fingerprint density at radius 1 is 1.39 bits per heavy atom. The molecule has 0 radical (unpaired) electrons. The third kappa shape index (κ3) is 2.38. The number of nitrogens with zero attached hydrogens (tertiary/aromatic N) is 2. The maximum absolute atomic E-state index is 5.95. The van der Waals surface area contributed by atoms with Gasteiger partial charge in [0.25, 0.3) is 0 Å². The van der Waals surface area contributed by atoms with Crippen molar-refractivity contribution in [1.82, 2.24) is 14.7 Å². The number of hydrogen-bond donors (Lipinski definition) is 1. The summed E-state index contributed by atoms with van der Waals surface area (Å²) in [7, 11) is 0. The molecule has 0 atom stereocenters. The molecular weight excluding hydrogens is 246 g/mol. The SMILES string of the molecule is CC1(CNCc2cn3cc(Cl)ccc3n2)CCC1. The van der Waals surface area contributed by atoms with E-state index in [0.29, 0.717) is 5.41 Å². The molecule has 0 bridgehead atoms. The second kappa shape index (κ2) is 4.56. The first-order valence-corrected chi connectivity index (χ1v) is 6.86. The van der Waals surface area contributed by atoms with E-state index >= 15 is 0 Å². The Kier molecular flexibility index (Phi) is 3.04. The third-order valence-electron chi connectivity index (χ3n) is 3.88. The van der Waals surface area contributed by atoms with Crippen LogP contribution in [0.25, 0.3) is 5.65 Å². The summed E-state index contributed by atoms with van der Waals surface area (Å²) in [6.45, 7) is 4.27. The van der Waals surface area contributed by atoms with E-state index in [0.717, 1.165) is 29.5 Å². The van der Waals surface area contributed by atoms with Gasteiger partial charge in [0.2, 0.25) is 0 Å². The van der Waals surface area contributed by atoms with E-state index in [9.17, 15) is 0 Å². The van der Waals surface area contributed by atoms with Crippen LogP contribution in [0.3, 0.4) is 0 Å². The average molecular weight is 264 g/mol. The smallest absolute Gasteiger partial charge is 0.137 e. The molecule has 96 valence electrons. The monoisotopic (exact) mass is 263 g/mol. The van der Waals surface area contributed by atoms with Crippen LogP contribution in [0.2, 0.25) is 5.02 Å². The minimum absolute atomic E-state index is 0.516. The van der Waals surface area contributed by atoms with Gasteiger partial charge < -0.3 is 9.72 Å². The molecule has 1 aliphatic carbocycles. The maximum Gasteiger partial charge on any atom is 0.137 e. The van der Waals surface area contributed by atoms with Crippen LogP contribution in [0.5, 0.6) is 0 Å². The highest BCUT2D eigenvalue weighted by Crippen LogP contribution is 2.39. The van der Waals surface area contributed by atoms with Crippen molar-refractivity contribution in [3.63, 3.8) is 0 Å². The molecule has 1 fully saturated rings. The van der Waals surface area contributed by atoms with E-state index in [1.807, 2.05) is 28.9 Å². The Morgan fingerprint density at radius 2 is 2.22 bits per heavy atom. The molecule has 1 N–H and O–H groups in total. The van der Waals surface area contributed by atoms with Crippen molar-refractivity contribution >= 4 is 17.2 Å². The summed E-state index contributed by atoms with van der Waals surface area (Å²) in [4.78, 5) is 4.56. The number of hydrogen-bond acceptors (Lipinski definition) is 2. The lowest BCUT2D eigenvalue weighted by Crippen LogP contribution is -2.37. The molecule has 0 unspecified atom stereocenters. The van der Waals surface area contributed by atoms with Gasteiger partial charge in [0.15, 0.2) is 0 Å². The fraction of sp³-hybridized carbons (Fsp3) is 0.500. The van der Waals surface area contributed by atoms with Crippen LogP contribution in [0.15, 0.2) is 24.5 Å². The molecule has 0 spiro atoms. The lowest BCUT2D eigenvalue weighted by molar-refractivity contribution is 0.156. The van der Waals surface area contributed by atoms with Crippen LogP contribution in [0, 0.1) is 5.41 Å². The van der Waals surface area contributed by atoms with E-state index in [2.05, 4.69) is 17.2 Å². The van der Waals surface area contributed by atoms with Crippen molar-refractivity contribution in [2.24, 2.45) is 5.41 Å². The van der Waals surface area contributed by atoms with Crippen LogP contribution in [0.1, 0.15) is 31.9 Å². The zero-order chi connectivity index (χ0) is 12.6. The Balaban J connectivity index is 1.64. The number of pyridine rings is 1. The first-order chi connectivity index (χ1) is 8.65. The fourth-order valence-corrected chi connectivity index (χ4v) is 2.72. The van der Waals surface area contributed by atoms with E-state index in [-0.39, 0.29) is 0 Å². The van der Waals surface area contributed by atoms with Crippen molar-refractivity contribution < 1.29 is 0 Å². The van der Waals surface area contributed by atoms with Crippen molar-refractivity contribution in [3.05, 3.63) is 35.2 Å². The second-order valence-electron chi connectivity index (χ2n) is 5.61. The lowest BCUT2D eigenvalue weighted by Gasteiger charge is -2.38. The van der Waals surface area contributed by atoms with Gasteiger partial charge in [0.05, 0.1) is 10.7 Å². The summed E-state index contributed by atoms with van der Waals surface area (Å²) < 4.78 is 1.98. The minimum Gasteiger partial charge on any atom is -0.311 e. The highest BCUT2D eigenvalue weighted by molar-refractivity contribution is 6.30. The topological polar surface area (TPSA) is 29.3 Å². The van der Waals surface area contributed by atoms with E-state index in [4.69, 9.17) is 11.6 Å². The third-order valence-corrected chi connectivity index (χ3v) is 4.11. The van der Waals surface area contributed by atoms with Gasteiger partial charge in [0.1, 0.15) is 5.65 Å². The number of rotatable bonds is 4. The first kappa shape index (κ1) is 12.0. The molecule has 3 rings (SSSR count). The molecule has 0 saturated heterocycles. The molecule has 1 aliphatic rings. The molecule has 0 aliphatic heterocycles. The van der Waals surface area contributed by atoms with Crippen LogP contribution in [0.4, 0.5) is 0 Å². The fourth-order valence-electron chi connectivity index (χ4n) is 2.55. The lowest BCUT2D eigenvalue weighted by atomic mass is 9.70. The Hall–Kier alpha value is -1.06. The van der Waals surface area contributed by atoms with E-state index in [1.54, 1.807) is 0 Å². The number of imidazole rings is 1. The average Bonchev–Trinajstić information content (AvgIpc) is 2.68. The largest absolute Gasteiger partial charge is 0.311 e. The molecule has 18 heavy (non-hydrogen) atoms. The van der Waals surface area contributed by atoms with Gasteiger partial charge in [-0.1, -0.05) is 24.9 Å². The van der Waals surface area contributed by atoms with Gasteiger partial charge in [-0.2, -0.15) is 0 Å². The molecule has 0 aromatic carbocycles. The van der Waals surface area contributed by atoms with Crippen molar-refractivity contribution in [3.8, 4) is 0 Å². The number of aromatic nitrogens is 2. The van der Waals surface area contributed by atoms with Crippen molar-refractivity contribution in [1.29, 1.82) is 0 Å². The highest BCUT2D eigenvalue weighted by atomic mass is 35.5. The standard InChI is InChI=1S/C14H18ClN3/c1-14(5-2-6-14)10-16-7-12-9-18-8-11(15)3-4-13(18)17-12/h3-4,8-9,16H,2,5-7,10H2,1H3. The maximum atomic E-state index is 5.95. The summed E-state index contributed by atoms with van der Waals surface area (Å²) in [5, 5.41) is 4.25. The molecule has 3 nitrogen and oxygen atoms in total. The Bertz CT molecular complexity index is 557. The molecular formula is C14H18ClN3. The van der Waals surface area contributed by atoms with E-state index in [1.165, 1.54) is 19.3 Å². The molecule has 1 saturated carbocycles. The quantitative estimate of drug-likeness (QED) is 0.917. The molecule has 0 amide bonds. The van der Waals surface area contributed by atoms with Gasteiger partial charge >= 0.3 is 0 Å². The van der Waals surface area contributed by atoms with Crippen LogP contribution in [-0.4, -0.2) is 15.9 Å². The van der Waals surface area contributed by atoms with Gasteiger partial charge in [0, 0.05) is 25.5 Å². The predicted octanol–water partition coefficient (Wildman–Crippen LogP) is 3.27. The van der Waals surface area contributed by atoms with Crippen molar-refractivity contribution in [2.45, 2.75) is 32.7 Å². The zero-order valence-electron chi connectivity index (χ0n) is 10.6. The molecule has 2 aromatic heterocycles. The van der Waals surface area contributed by atoms with E-state index < -0.39 is 0 Å². The summed E-state index contributed by atoms with van der Waals surface area (Å²) >= 11 is 5.95. The Morgan fingerprint density at radius 3 is 2.94 bits per heavy atom. The predicted molar refractivity (Wildman–Crippen MR) is 73.9 cm³/mol. The first-order valence-electron chi connectivity index (χ1n) is 6.49. The van der Waals surface area contributed by atoms with Crippen LogP contribution >= 0.6 is 11.6 Å². The van der Waals surface area contributed by atoms with Gasteiger partial charge in [-0.15, -0.1) is 0 Å². The second-order valence-corrected chi connectivity index (χ2v) is 6.05. The summed E-state index contributed by atoms with van der Waals surface area (Å²) in [5.74, 6) is 0. The number of nitrogens with one attached hydrogen (secondary N) is 1. The zero-order valence-corrected chi connectivity index (χ0v) is 11.4. The van der Waals surface area contributed by atoms with Crippen LogP contribution in [-0.2, 0) is 6.54 Å². The van der Waals surface area contributed by atoms with Crippen LogP contribution < -0.4 is 5.32 Å². The highest BCUT2D eigenvalue weighted by Gasteiger charge is 2.30. The van der Waals surface area contributed by atoms with Gasteiger partial charge in [-0.25, -0.2) is 4.98 Å². The summed E-state index contributed by atoms with van der Waals surface area (Å²) in [6, 6.07) is 3.82. The molecule has 2 heterocycles. The summed E-state index contributed by atoms with van der Waals surface area (Å²) in [5.41, 5.74) is 2.54. The number of halogens is 1. The van der Waals surface area contributed by atoms with Gasteiger partial charge in [-0.3, -0.25) is 0 Å².